The average Bonchev–Trinajstić information content (AvgIpc) is 3.79. The first-order valence-corrected chi connectivity index (χ1v) is 21.8. The quantitative estimate of drug-likeness (QED) is 0.0622. The molecule has 0 aromatic heterocycles. The average molecular weight is 873 g/mol. The van der Waals surface area contributed by atoms with Crippen LogP contribution in [0.3, 0.4) is 0 Å². The summed E-state index contributed by atoms with van der Waals surface area (Å²) in [4.78, 5) is 25.3. The Morgan fingerprint density at radius 1 is 0.820 bits per heavy atom. The molecule has 4 aliphatic carbocycles. The number of methoxy groups -OCH3 is 1. The number of carbonyl (C=O) groups is 2. The Bertz CT molecular complexity index is 1630. The number of hydrogen-bond donors (Lipinski definition) is 9. The number of fused-ring (bicyclic) bond motifs is 5. The molecule has 61 heavy (non-hydrogen) atoms. The lowest BCUT2D eigenvalue weighted by molar-refractivity contribution is -0.355. The molecule has 346 valence electrons. The Labute approximate surface area is 353 Å². The van der Waals surface area contributed by atoms with Crippen molar-refractivity contribution in [2.75, 3.05) is 26.9 Å². The van der Waals surface area contributed by atoms with Crippen molar-refractivity contribution in [1.29, 1.82) is 0 Å². The van der Waals surface area contributed by atoms with Gasteiger partial charge in [0, 0.05) is 31.4 Å². The molecule has 4 aliphatic heterocycles. The molecular weight excluding hydrogens is 808 g/mol. The van der Waals surface area contributed by atoms with Crippen molar-refractivity contribution >= 4 is 12.3 Å². The summed E-state index contributed by atoms with van der Waals surface area (Å²) < 4.78 is 46.7. The van der Waals surface area contributed by atoms with Crippen LogP contribution in [-0.2, 0) is 47.5 Å². The van der Waals surface area contributed by atoms with Crippen LogP contribution >= 0.6 is 0 Å². The smallest absolute Gasteiger partial charge is 0.331 e. The van der Waals surface area contributed by atoms with Crippen molar-refractivity contribution in [3.8, 4) is 0 Å². The van der Waals surface area contributed by atoms with Gasteiger partial charge in [-0.1, -0.05) is 6.92 Å². The zero-order valence-corrected chi connectivity index (χ0v) is 34.8. The standard InChI is InChI=1S/C42H64O19/c1-19-36(61-38-35(51)33(49)31(47)27(60-38)17-56-37-34(50)32(48)30(46)26(15-43)59-37)25(54-3)13-29(57-19)58-21-4-9-40(18-44)23-5-8-39(2)22(20-12-28(45)55-16-20)7-11-42(39,53)24(23)6-10-41(40,52)14-21/h12,18-19,21-27,29-38,43,46-53H,4-11,13-17H2,1-3H3/t19-,21?,22+,23-,24?,25-,26+,27+,29+,30?,31+,32-,33?,34+,35+,36?,37+,38-,39-,40+,41-,42-/m1/s1. The minimum absolute atomic E-state index is 0.00485. The fourth-order valence-corrected chi connectivity index (χ4v) is 12.9. The second kappa shape index (κ2) is 17.2. The third-order valence-corrected chi connectivity index (χ3v) is 16.3. The van der Waals surface area contributed by atoms with Gasteiger partial charge in [0.25, 0.3) is 0 Å². The van der Waals surface area contributed by atoms with Crippen LogP contribution in [-0.4, -0.2) is 188 Å². The number of hydrogen-bond acceptors (Lipinski definition) is 19. The molecule has 0 aromatic rings. The summed E-state index contributed by atoms with van der Waals surface area (Å²) in [6.07, 6.45) is -12.2. The third-order valence-electron chi connectivity index (χ3n) is 16.3. The monoisotopic (exact) mass is 872 g/mol. The highest BCUT2D eigenvalue weighted by atomic mass is 16.8. The van der Waals surface area contributed by atoms with Gasteiger partial charge < -0.3 is 88.6 Å². The summed E-state index contributed by atoms with van der Waals surface area (Å²) in [5.41, 5.74) is -3.06. The van der Waals surface area contributed by atoms with E-state index in [9.17, 15) is 55.5 Å². The first kappa shape index (κ1) is 45.8. The van der Waals surface area contributed by atoms with Crippen LogP contribution < -0.4 is 0 Å². The highest BCUT2D eigenvalue weighted by Crippen LogP contribution is 2.70. The van der Waals surface area contributed by atoms with Crippen LogP contribution in [0.5, 0.6) is 0 Å². The van der Waals surface area contributed by atoms with Crippen molar-refractivity contribution in [3.63, 3.8) is 0 Å². The van der Waals surface area contributed by atoms with Crippen LogP contribution in [0.25, 0.3) is 0 Å². The number of aldehydes is 1. The summed E-state index contributed by atoms with van der Waals surface area (Å²) in [6.45, 7) is 2.86. The molecule has 0 spiro atoms. The Balaban J connectivity index is 0.886. The number of aliphatic hydroxyl groups is 9. The molecule has 8 rings (SSSR count). The van der Waals surface area contributed by atoms with Crippen molar-refractivity contribution in [2.24, 2.45) is 28.6 Å². The minimum atomic E-state index is -1.75. The number of rotatable bonds is 11. The van der Waals surface area contributed by atoms with Gasteiger partial charge in [0.1, 0.15) is 67.8 Å². The minimum Gasteiger partial charge on any atom is -0.458 e. The fraction of sp³-hybridized carbons (Fsp3) is 0.905. The lowest BCUT2D eigenvalue weighted by Gasteiger charge is -2.65. The van der Waals surface area contributed by atoms with E-state index in [0.717, 1.165) is 18.3 Å². The summed E-state index contributed by atoms with van der Waals surface area (Å²) in [7, 11) is 1.47. The maximum atomic E-state index is 13.3. The Kier molecular flexibility index (Phi) is 12.9. The fourth-order valence-electron chi connectivity index (χ4n) is 12.9. The zero-order chi connectivity index (χ0) is 43.8. The van der Waals surface area contributed by atoms with Crippen LogP contribution in [0.2, 0.25) is 0 Å². The molecule has 8 aliphatic rings. The maximum absolute atomic E-state index is 13.3. The van der Waals surface area contributed by atoms with E-state index in [-0.39, 0.29) is 43.2 Å². The van der Waals surface area contributed by atoms with E-state index in [1.165, 1.54) is 7.11 Å². The van der Waals surface area contributed by atoms with Crippen LogP contribution in [0, 0.1) is 28.6 Å². The van der Waals surface area contributed by atoms with E-state index < -0.39 is 127 Å². The SMILES string of the molecule is CO[C@@H]1C[C@H](OC2CC[C@]3(C=O)[C@@H]4CC[C@]5(C)[C@H](C6=CC(=O)OC6)CC[C@@]5(O)C4CC[C@@]3(O)C2)O[C@H](C)C1O[C@H]1O[C@@H](CO[C@H]2O[C@@H](CO)C(O)[C@@H](O)[C@@H]2O)[C@H](O)C(O)[C@@H]1O. The van der Waals surface area contributed by atoms with Crippen molar-refractivity contribution in [1.82, 2.24) is 0 Å². The zero-order valence-electron chi connectivity index (χ0n) is 34.8. The second-order valence-corrected chi connectivity index (χ2v) is 19.2. The van der Waals surface area contributed by atoms with Gasteiger partial charge in [-0.25, -0.2) is 4.79 Å². The molecule has 4 saturated carbocycles. The Hall–Kier alpha value is -1.76. The van der Waals surface area contributed by atoms with Gasteiger partial charge in [-0.3, -0.25) is 0 Å². The van der Waals surface area contributed by atoms with Crippen molar-refractivity contribution in [2.45, 2.75) is 181 Å². The highest BCUT2D eigenvalue weighted by molar-refractivity contribution is 5.85. The first-order chi connectivity index (χ1) is 28.9. The van der Waals surface area contributed by atoms with E-state index >= 15 is 0 Å². The summed E-state index contributed by atoms with van der Waals surface area (Å²) in [6, 6.07) is 0. The lowest BCUT2D eigenvalue weighted by atomic mass is 9.41. The number of carbonyl (C=O) groups excluding carboxylic acids is 2. The summed E-state index contributed by atoms with van der Waals surface area (Å²) >= 11 is 0. The molecule has 5 unspecified atom stereocenters. The van der Waals surface area contributed by atoms with Gasteiger partial charge in [-0.15, -0.1) is 0 Å². The van der Waals surface area contributed by atoms with Gasteiger partial charge in [0.15, 0.2) is 18.9 Å². The summed E-state index contributed by atoms with van der Waals surface area (Å²) in [5, 5.41) is 97.4. The molecule has 9 N–H and O–H groups in total. The molecule has 22 atom stereocenters. The predicted octanol–water partition coefficient (Wildman–Crippen LogP) is -1.92. The van der Waals surface area contributed by atoms with Gasteiger partial charge in [-0.05, 0) is 81.6 Å². The Morgan fingerprint density at radius 2 is 1.51 bits per heavy atom. The Morgan fingerprint density at radius 3 is 2.18 bits per heavy atom. The number of cyclic esters (lactones) is 1. The van der Waals surface area contributed by atoms with Gasteiger partial charge in [-0.2, -0.15) is 0 Å². The molecule has 19 nitrogen and oxygen atoms in total. The largest absolute Gasteiger partial charge is 0.458 e. The summed E-state index contributed by atoms with van der Waals surface area (Å²) in [5.74, 6) is -0.767. The van der Waals surface area contributed by atoms with Crippen molar-refractivity contribution in [3.05, 3.63) is 11.6 Å². The lowest BCUT2D eigenvalue weighted by Crippen LogP contribution is -2.69. The molecule has 0 amide bonds. The first-order valence-electron chi connectivity index (χ1n) is 21.8. The molecular formula is C42H64O19. The topological polar surface area (TPSA) is 290 Å². The van der Waals surface area contributed by atoms with Gasteiger partial charge in [0.05, 0.1) is 48.1 Å². The van der Waals surface area contributed by atoms with Gasteiger partial charge in [0.2, 0.25) is 0 Å². The molecule has 3 saturated heterocycles. The van der Waals surface area contributed by atoms with E-state index in [0.29, 0.717) is 44.9 Å². The second-order valence-electron chi connectivity index (χ2n) is 19.2. The third kappa shape index (κ3) is 7.55. The molecule has 0 bridgehead atoms. The molecule has 0 aromatic carbocycles. The molecule has 4 heterocycles. The maximum Gasteiger partial charge on any atom is 0.331 e. The van der Waals surface area contributed by atoms with E-state index in [4.69, 9.17) is 37.9 Å². The van der Waals surface area contributed by atoms with E-state index in [1.807, 2.05) is 0 Å². The molecule has 0 radical (unpaired) electrons. The predicted molar refractivity (Wildman–Crippen MR) is 203 cm³/mol. The van der Waals surface area contributed by atoms with Gasteiger partial charge >= 0.3 is 5.97 Å². The number of esters is 1. The van der Waals surface area contributed by atoms with E-state index in [1.54, 1.807) is 13.0 Å². The van der Waals surface area contributed by atoms with Crippen LogP contribution in [0.4, 0.5) is 0 Å². The highest BCUT2D eigenvalue weighted by Gasteiger charge is 2.71. The normalized spacial score (nSPS) is 53.6. The van der Waals surface area contributed by atoms with E-state index in [2.05, 4.69) is 6.92 Å². The molecule has 7 fully saturated rings. The van der Waals surface area contributed by atoms with Crippen molar-refractivity contribution < 1.29 is 93.4 Å². The van der Waals surface area contributed by atoms with Crippen LogP contribution in [0.1, 0.15) is 78.1 Å². The number of ether oxygens (including phenoxy) is 8. The molecule has 19 heteroatoms. The van der Waals surface area contributed by atoms with Crippen LogP contribution in [0.15, 0.2) is 11.6 Å². The number of aliphatic hydroxyl groups excluding tert-OH is 7.